The second-order valence-corrected chi connectivity index (χ2v) is 5.22. The minimum Gasteiger partial charge on any atom is -0.409 e. The van der Waals surface area contributed by atoms with E-state index in [1.54, 1.807) is 0 Å². The highest BCUT2D eigenvalue weighted by Crippen LogP contribution is 2.28. The van der Waals surface area contributed by atoms with E-state index in [9.17, 15) is 0 Å². The Morgan fingerprint density at radius 2 is 2.25 bits per heavy atom. The molecule has 5 nitrogen and oxygen atoms in total. The molecule has 1 unspecified atom stereocenters. The van der Waals surface area contributed by atoms with E-state index in [2.05, 4.69) is 17.0 Å². The van der Waals surface area contributed by atoms with Crippen molar-refractivity contribution >= 4 is 22.6 Å². The number of benzene rings is 1. The molecule has 1 fully saturated rings. The number of amidine groups is 1. The summed E-state index contributed by atoms with van der Waals surface area (Å²) in [7, 11) is 0. The largest absolute Gasteiger partial charge is 0.409 e. The molecule has 3 N–H and O–H groups in total. The third-order valence-electron chi connectivity index (χ3n) is 3.93. The smallest absolute Gasteiger partial charge is 0.170 e. The summed E-state index contributed by atoms with van der Waals surface area (Å²) in [5.41, 5.74) is 7.41. The quantitative estimate of drug-likeness (QED) is 0.380. The van der Waals surface area contributed by atoms with Crippen LogP contribution in [0.15, 0.2) is 35.5 Å². The normalized spacial score (nSPS) is 19.8. The van der Waals surface area contributed by atoms with E-state index in [1.807, 2.05) is 30.3 Å². The van der Waals surface area contributed by atoms with Crippen LogP contribution in [0, 0.1) is 0 Å². The predicted octanol–water partition coefficient (Wildman–Crippen LogP) is 2.32. The van der Waals surface area contributed by atoms with Crippen LogP contribution in [0.4, 0.5) is 5.82 Å². The fourth-order valence-electron chi connectivity index (χ4n) is 2.85. The summed E-state index contributed by atoms with van der Waals surface area (Å²) >= 11 is 0. The highest BCUT2D eigenvalue weighted by Gasteiger charge is 2.23. The highest BCUT2D eigenvalue weighted by atomic mass is 16.4. The number of aromatic nitrogens is 1. The average Bonchev–Trinajstić information content (AvgIpc) is 2.91. The van der Waals surface area contributed by atoms with Gasteiger partial charge in [-0.1, -0.05) is 23.4 Å². The summed E-state index contributed by atoms with van der Waals surface area (Å²) in [4.78, 5) is 7.00. The molecule has 5 heteroatoms. The van der Waals surface area contributed by atoms with Gasteiger partial charge in [0.2, 0.25) is 0 Å². The maximum Gasteiger partial charge on any atom is 0.170 e. The van der Waals surface area contributed by atoms with Gasteiger partial charge in [-0.3, -0.25) is 0 Å². The minimum absolute atomic E-state index is 0.122. The van der Waals surface area contributed by atoms with Crippen LogP contribution in [-0.2, 0) is 0 Å². The number of fused-ring (bicyclic) bond motifs is 1. The molecule has 1 aromatic carbocycles. The first-order valence-electron chi connectivity index (χ1n) is 6.85. The lowest BCUT2D eigenvalue weighted by atomic mass is 10.1. The first-order chi connectivity index (χ1) is 9.70. The number of nitrogens with two attached hydrogens (primary N) is 1. The first-order valence-corrected chi connectivity index (χ1v) is 6.85. The van der Waals surface area contributed by atoms with Crippen molar-refractivity contribution in [3.05, 3.63) is 35.9 Å². The molecule has 0 radical (unpaired) electrons. The van der Waals surface area contributed by atoms with Gasteiger partial charge in [0, 0.05) is 23.5 Å². The van der Waals surface area contributed by atoms with Gasteiger partial charge in [0.1, 0.15) is 5.82 Å². The number of rotatable bonds is 2. The number of nitrogens with zero attached hydrogens (tertiary/aromatic N) is 3. The predicted molar refractivity (Wildman–Crippen MR) is 80.3 cm³/mol. The zero-order valence-corrected chi connectivity index (χ0v) is 11.5. The lowest BCUT2D eigenvalue weighted by molar-refractivity contribution is 0.318. The summed E-state index contributed by atoms with van der Waals surface area (Å²) in [6, 6.07) is 10.2. The molecule has 0 bridgehead atoms. The molecule has 2 aromatic rings. The maximum atomic E-state index is 8.98. The van der Waals surface area contributed by atoms with Crippen molar-refractivity contribution in [1.82, 2.24) is 4.98 Å². The molecule has 104 valence electrons. The Balaban J connectivity index is 2.20. The highest BCUT2D eigenvalue weighted by molar-refractivity contribution is 6.08. The topological polar surface area (TPSA) is 74.7 Å². The lowest BCUT2D eigenvalue weighted by Crippen LogP contribution is -2.27. The molecule has 0 aliphatic carbocycles. The molecular weight excluding hydrogens is 252 g/mol. The molecule has 0 saturated carbocycles. The number of pyridine rings is 1. The molecule has 3 rings (SSSR count). The van der Waals surface area contributed by atoms with Crippen LogP contribution in [-0.4, -0.2) is 28.6 Å². The van der Waals surface area contributed by atoms with Gasteiger partial charge in [-0.15, -0.1) is 0 Å². The maximum absolute atomic E-state index is 8.98. The van der Waals surface area contributed by atoms with Crippen molar-refractivity contribution in [1.29, 1.82) is 0 Å². The first kappa shape index (κ1) is 12.7. The van der Waals surface area contributed by atoms with Crippen LogP contribution in [0.3, 0.4) is 0 Å². The van der Waals surface area contributed by atoms with Crippen LogP contribution < -0.4 is 10.6 Å². The minimum atomic E-state index is 0.122. The third-order valence-corrected chi connectivity index (χ3v) is 3.93. The Hall–Kier alpha value is -2.30. The van der Waals surface area contributed by atoms with Gasteiger partial charge in [0.15, 0.2) is 5.84 Å². The molecule has 0 spiro atoms. The van der Waals surface area contributed by atoms with Crippen molar-refractivity contribution in [2.75, 3.05) is 11.4 Å². The van der Waals surface area contributed by atoms with Crippen molar-refractivity contribution in [3.63, 3.8) is 0 Å². The van der Waals surface area contributed by atoms with E-state index in [1.165, 1.54) is 12.8 Å². The Labute approximate surface area is 117 Å². The average molecular weight is 270 g/mol. The zero-order valence-electron chi connectivity index (χ0n) is 11.5. The Bertz CT molecular complexity index is 668. The van der Waals surface area contributed by atoms with E-state index in [4.69, 9.17) is 15.9 Å². The summed E-state index contributed by atoms with van der Waals surface area (Å²) in [6.45, 7) is 3.20. The fraction of sp³-hybridized carbons (Fsp3) is 0.333. The van der Waals surface area contributed by atoms with Crippen LogP contribution in [0.5, 0.6) is 0 Å². The summed E-state index contributed by atoms with van der Waals surface area (Å²) < 4.78 is 0. The van der Waals surface area contributed by atoms with Gasteiger partial charge in [-0.2, -0.15) is 0 Å². The van der Waals surface area contributed by atoms with E-state index in [0.29, 0.717) is 6.04 Å². The monoisotopic (exact) mass is 270 g/mol. The number of hydrogen-bond donors (Lipinski definition) is 2. The van der Waals surface area contributed by atoms with E-state index >= 15 is 0 Å². The molecule has 20 heavy (non-hydrogen) atoms. The third kappa shape index (κ3) is 2.05. The van der Waals surface area contributed by atoms with Crippen LogP contribution >= 0.6 is 0 Å². The van der Waals surface area contributed by atoms with Gasteiger partial charge < -0.3 is 15.8 Å². The van der Waals surface area contributed by atoms with Crippen molar-refractivity contribution in [2.24, 2.45) is 10.9 Å². The van der Waals surface area contributed by atoms with Gasteiger partial charge in [-0.25, -0.2) is 4.98 Å². The van der Waals surface area contributed by atoms with Gasteiger partial charge in [-0.05, 0) is 31.9 Å². The Morgan fingerprint density at radius 3 is 2.95 bits per heavy atom. The van der Waals surface area contributed by atoms with E-state index in [-0.39, 0.29) is 5.84 Å². The second kappa shape index (κ2) is 5.00. The molecule has 1 aliphatic rings. The summed E-state index contributed by atoms with van der Waals surface area (Å²) in [5.74, 6) is 1.02. The standard InChI is InChI=1S/C15H18N4O/c1-10-5-4-8-19(10)14-9-12(15(16)18-20)11-6-2-3-7-13(11)17-14/h2-3,6-7,9-10,20H,4-5,8H2,1H3,(H2,16,18). The SMILES string of the molecule is CC1CCCN1c1cc(C(N)=NO)c2ccccc2n1. The molecule has 1 saturated heterocycles. The summed E-state index contributed by atoms with van der Waals surface area (Å²) in [6.07, 6.45) is 2.35. The van der Waals surface area contributed by atoms with Crippen LogP contribution in [0.2, 0.25) is 0 Å². The lowest BCUT2D eigenvalue weighted by Gasteiger charge is -2.23. The number of anilines is 1. The van der Waals surface area contributed by atoms with Gasteiger partial charge in [0.05, 0.1) is 5.52 Å². The summed E-state index contributed by atoms with van der Waals surface area (Å²) in [5, 5.41) is 13.0. The van der Waals surface area contributed by atoms with Crippen molar-refractivity contribution in [3.8, 4) is 0 Å². The van der Waals surface area contributed by atoms with Crippen molar-refractivity contribution < 1.29 is 5.21 Å². The van der Waals surface area contributed by atoms with Crippen LogP contribution in [0.25, 0.3) is 10.9 Å². The second-order valence-electron chi connectivity index (χ2n) is 5.22. The van der Waals surface area contributed by atoms with Gasteiger partial charge in [0.25, 0.3) is 0 Å². The molecule has 0 amide bonds. The molecule has 2 heterocycles. The number of para-hydroxylation sites is 1. The molecule has 1 aromatic heterocycles. The Morgan fingerprint density at radius 1 is 1.45 bits per heavy atom. The number of hydrogen-bond acceptors (Lipinski definition) is 4. The van der Waals surface area contributed by atoms with E-state index in [0.717, 1.165) is 28.8 Å². The molecular formula is C15H18N4O. The van der Waals surface area contributed by atoms with Gasteiger partial charge >= 0.3 is 0 Å². The number of oxime groups is 1. The Kier molecular flexibility index (Phi) is 3.18. The van der Waals surface area contributed by atoms with E-state index < -0.39 is 0 Å². The zero-order chi connectivity index (χ0) is 14.1. The van der Waals surface area contributed by atoms with Crippen molar-refractivity contribution in [2.45, 2.75) is 25.8 Å². The van der Waals surface area contributed by atoms with Crippen LogP contribution in [0.1, 0.15) is 25.3 Å². The molecule has 1 atom stereocenters. The fourth-order valence-corrected chi connectivity index (χ4v) is 2.85. The molecule has 1 aliphatic heterocycles.